The van der Waals surface area contributed by atoms with Crippen molar-refractivity contribution in [3.8, 4) is 0 Å². The lowest BCUT2D eigenvalue weighted by Crippen LogP contribution is -2.44. The van der Waals surface area contributed by atoms with Gasteiger partial charge in [0.1, 0.15) is 0 Å². The molecule has 140 valence electrons. The first-order valence-corrected chi connectivity index (χ1v) is 12.1. The Morgan fingerprint density at radius 1 is 1.08 bits per heavy atom. The van der Waals surface area contributed by atoms with E-state index in [0.29, 0.717) is 0 Å². The summed E-state index contributed by atoms with van der Waals surface area (Å²) in [5, 5.41) is 9.11. The van der Waals surface area contributed by atoms with Crippen molar-refractivity contribution in [2.75, 3.05) is 6.61 Å². The van der Waals surface area contributed by atoms with Gasteiger partial charge in [0, 0.05) is 0 Å². The fourth-order valence-electron chi connectivity index (χ4n) is 2.20. The van der Waals surface area contributed by atoms with Gasteiger partial charge in [-0.25, -0.2) is 0 Å². The van der Waals surface area contributed by atoms with Crippen LogP contribution in [0.4, 0.5) is 0 Å². The molecular weight excluding hydrogens is 312 g/mol. The van der Waals surface area contributed by atoms with Crippen LogP contribution in [0, 0.1) is 0 Å². The van der Waals surface area contributed by atoms with Crippen LogP contribution in [0.1, 0.15) is 67.2 Å². The van der Waals surface area contributed by atoms with Gasteiger partial charge in [0.25, 0.3) is 0 Å². The molecule has 0 saturated carbocycles. The third-order valence-corrected chi connectivity index (χ3v) is 9.55. The zero-order valence-corrected chi connectivity index (χ0v) is 18.3. The molecule has 0 aliphatic heterocycles. The maximum Gasteiger partial charge on any atom is 0.192 e. The van der Waals surface area contributed by atoms with Crippen molar-refractivity contribution in [1.29, 1.82) is 0 Å². The highest BCUT2D eigenvalue weighted by atomic mass is 28.4. The van der Waals surface area contributed by atoms with Gasteiger partial charge in [-0.2, -0.15) is 0 Å². The summed E-state index contributed by atoms with van der Waals surface area (Å²) in [6.45, 7) is 22.1. The number of hydrogen-bond donors (Lipinski definition) is 1. The average Bonchev–Trinajstić information content (AvgIpc) is 2.42. The van der Waals surface area contributed by atoms with E-state index in [1.807, 2.05) is 6.08 Å². The molecule has 0 aliphatic carbocycles. The Morgan fingerprint density at radius 3 is 2.08 bits per heavy atom. The van der Waals surface area contributed by atoms with Crippen molar-refractivity contribution < 1.29 is 9.53 Å². The molecule has 1 unspecified atom stereocenters. The predicted octanol–water partition coefficient (Wildman–Crippen LogP) is 6.40. The first-order valence-electron chi connectivity index (χ1n) is 9.16. The first kappa shape index (κ1) is 23.4. The third-order valence-electron chi connectivity index (χ3n) is 5.06. The van der Waals surface area contributed by atoms with E-state index < -0.39 is 8.32 Å². The number of rotatable bonds is 10. The van der Waals surface area contributed by atoms with Crippen molar-refractivity contribution in [2.45, 2.75) is 91.5 Å². The summed E-state index contributed by atoms with van der Waals surface area (Å²) in [6.07, 6.45) is 8.47. The van der Waals surface area contributed by atoms with Gasteiger partial charge in [-0.3, -0.25) is 0 Å². The zero-order valence-electron chi connectivity index (χ0n) is 17.3. The molecule has 1 atom stereocenters. The molecule has 24 heavy (non-hydrogen) atoms. The van der Waals surface area contributed by atoms with E-state index in [1.165, 1.54) is 11.1 Å². The van der Waals surface area contributed by atoms with Crippen molar-refractivity contribution >= 4 is 8.32 Å². The lowest BCUT2D eigenvalue weighted by molar-refractivity contribution is 0.204. The minimum atomic E-state index is -1.76. The maximum atomic E-state index is 8.88. The number of allylic oxidation sites excluding steroid dienone is 3. The molecular formula is C21H40O2Si. The van der Waals surface area contributed by atoms with Gasteiger partial charge in [-0.15, -0.1) is 0 Å². The number of hydrogen-bond acceptors (Lipinski definition) is 2. The molecule has 1 N–H and O–H groups in total. The Kier molecular flexibility index (Phi) is 10.1. The molecule has 0 rings (SSSR count). The van der Waals surface area contributed by atoms with E-state index in [4.69, 9.17) is 9.53 Å². The topological polar surface area (TPSA) is 29.5 Å². The van der Waals surface area contributed by atoms with Crippen LogP contribution in [0.5, 0.6) is 0 Å². The van der Waals surface area contributed by atoms with E-state index in [9.17, 15) is 0 Å². The smallest absolute Gasteiger partial charge is 0.192 e. The van der Waals surface area contributed by atoms with Gasteiger partial charge in [-0.05, 0) is 64.6 Å². The summed E-state index contributed by atoms with van der Waals surface area (Å²) >= 11 is 0. The van der Waals surface area contributed by atoms with Crippen molar-refractivity contribution in [3.63, 3.8) is 0 Å². The van der Waals surface area contributed by atoms with E-state index >= 15 is 0 Å². The van der Waals surface area contributed by atoms with Crippen LogP contribution in [0.25, 0.3) is 0 Å². The van der Waals surface area contributed by atoms with E-state index in [-0.39, 0.29) is 17.7 Å². The SMILES string of the molecule is C=C(C)C(CC/C(C)=C/CCC(C)=CCO)O[Si](C)(C)C(C)(C)C. The Balaban J connectivity index is 4.60. The summed E-state index contributed by atoms with van der Waals surface area (Å²) in [4.78, 5) is 0. The fraction of sp³-hybridized carbons (Fsp3) is 0.714. The van der Waals surface area contributed by atoms with Gasteiger partial charge in [0.2, 0.25) is 0 Å². The highest BCUT2D eigenvalue weighted by Gasteiger charge is 2.39. The maximum absolute atomic E-state index is 8.88. The monoisotopic (exact) mass is 352 g/mol. The highest BCUT2D eigenvalue weighted by Crippen LogP contribution is 2.38. The largest absolute Gasteiger partial charge is 0.410 e. The Morgan fingerprint density at radius 2 is 1.62 bits per heavy atom. The van der Waals surface area contributed by atoms with Crippen LogP contribution in [-0.2, 0) is 4.43 Å². The molecule has 0 spiro atoms. The molecule has 0 aliphatic rings. The second-order valence-corrected chi connectivity index (χ2v) is 13.3. The van der Waals surface area contributed by atoms with Gasteiger partial charge >= 0.3 is 0 Å². The molecule has 0 aromatic rings. The van der Waals surface area contributed by atoms with Gasteiger partial charge in [0.05, 0.1) is 12.7 Å². The lowest BCUT2D eigenvalue weighted by atomic mass is 10.0. The highest BCUT2D eigenvalue weighted by molar-refractivity contribution is 6.74. The predicted molar refractivity (Wildman–Crippen MR) is 110 cm³/mol. The lowest BCUT2D eigenvalue weighted by Gasteiger charge is -2.39. The quantitative estimate of drug-likeness (QED) is 0.364. The summed E-state index contributed by atoms with van der Waals surface area (Å²) < 4.78 is 6.56. The molecule has 0 radical (unpaired) electrons. The normalized spacial score (nSPS) is 15.5. The van der Waals surface area contributed by atoms with Gasteiger partial charge in [-0.1, -0.05) is 56.2 Å². The molecule has 0 aromatic heterocycles. The van der Waals surface area contributed by atoms with E-state index in [1.54, 1.807) is 0 Å². The molecule has 0 bridgehead atoms. The first-order chi connectivity index (χ1) is 10.9. The van der Waals surface area contributed by atoms with Crippen LogP contribution < -0.4 is 0 Å². The minimum absolute atomic E-state index is 0.139. The molecule has 0 saturated heterocycles. The third kappa shape index (κ3) is 9.00. The van der Waals surface area contributed by atoms with Crippen LogP contribution in [0.2, 0.25) is 18.1 Å². The molecule has 0 fully saturated rings. The van der Waals surface area contributed by atoms with Crippen LogP contribution in [0.15, 0.2) is 35.5 Å². The summed E-state index contributed by atoms with van der Waals surface area (Å²) in [6, 6.07) is 0. The van der Waals surface area contributed by atoms with Crippen LogP contribution in [-0.4, -0.2) is 26.1 Å². The Bertz CT molecular complexity index is 453. The van der Waals surface area contributed by atoms with Crippen molar-refractivity contribution in [2.24, 2.45) is 0 Å². The minimum Gasteiger partial charge on any atom is -0.410 e. The Labute approximate surface area is 151 Å². The molecule has 0 heterocycles. The van der Waals surface area contributed by atoms with Crippen LogP contribution >= 0.6 is 0 Å². The number of aliphatic hydroxyl groups is 1. The summed E-state index contributed by atoms with van der Waals surface area (Å²) in [5.74, 6) is 0. The van der Waals surface area contributed by atoms with Crippen molar-refractivity contribution in [1.82, 2.24) is 0 Å². The average molecular weight is 353 g/mol. The second kappa shape index (κ2) is 10.4. The zero-order chi connectivity index (χ0) is 19.0. The standard InChI is InChI=1S/C21H40O2Si/c1-17(2)20(23-24(8,9)21(5,6)7)14-13-18(3)11-10-12-19(4)15-16-22/h11,15,20,22H,1,10,12-14,16H2,2-9H3/b18-11+,19-15?. The summed E-state index contributed by atoms with van der Waals surface area (Å²) in [5.41, 5.74) is 3.80. The molecule has 0 aromatic carbocycles. The molecule has 0 amide bonds. The van der Waals surface area contributed by atoms with Crippen LogP contribution in [0.3, 0.4) is 0 Å². The van der Waals surface area contributed by atoms with Gasteiger partial charge < -0.3 is 9.53 Å². The van der Waals surface area contributed by atoms with Gasteiger partial charge in [0.15, 0.2) is 8.32 Å². The van der Waals surface area contributed by atoms with E-state index in [2.05, 4.69) is 67.3 Å². The summed E-state index contributed by atoms with van der Waals surface area (Å²) in [7, 11) is -1.76. The van der Waals surface area contributed by atoms with E-state index in [0.717, 1.165) is 31.3 Å². The number of aliphatic hydroxyl groups excluding tert-OH is 1. The fourth-order valence-corrected chi connectivity index (χ4v) is 3.59. The Hall–Kier alpha value is -0.643. The molecule has 2 nitrogen and oxygen atoms in total. The molecule has 3 heteroatoms. The van der Waals surface area contributed by atoms with Crippen molar-refractivity contribution in [3.05, 3.63) is 35.5 Å². The second-order valence-electron chi connectivity index (χ2n) is 8.57.